The summed E-state index contributed by atoms with van der Waals surface area (Å²) in [6, 6.07) is 14.1. The molecule has 0 unspecified atom stereocenters. The van der Waals surface area contributed by atoms with E-state index in [4.69, 9.17) is 0 Å². The minimum Gasteiger partial charge on any atom is -0.322 e. The second-order valence-corrected chi connectivity index (χ2v) is 7.15. The molecule has 0 bridgehead atoms. The lowest BCUT2D eigenvalue weighted by atomic mass is 10.0. The van der Waals surface area contributed by atoms with Crippen LogP contribution in [-0.2, 0) is 6.18 Å². The fourth-order valence-electron chi connectivity index (χ4n) is 3.06. The summed E-state index contributed by atoms with van der Waals surface area (Å²) in [6.07, 6.45) is -4.60. The zero-order chi connectivity index (χ0) is 22.1. The van der Waals surface area contributed by atoms with Crippen molar-refractivity contribution < 1.29 is 18.0 Å². The minimum atomic E-state index is -4.60. The van der Waals surface area contributed by atoms with Crippen molar-refractivity contribution in [3.8, 4) is 17.3 Å². The van der Waals surface area contributed by atoms with Gasteiger partial charge in [0.2, 0.25) is 0 Å². The molecule has 0 spiro atoms. The average Bonchev–Trinajstić information content (AvgIpc) is 3.13. The summed E-state index contributed by atoms with van der Waals surface area (Å²) < 4.78 is 40.7. The van der Waals surface area contributed by atoms with Gasteiger partial charge in [0.05, 0.1) is 17.3 Å². The van der Waals surface area contributed by atoms with Crippen molar-refractivity contribution in [1.82, 2.24) is 9.78 Å². The summed E-state index contributed by atoms with van der Waals surface area (Å²) in [5.74, 6) is -0.419. The van der Waals surface area contributed by atoms with Gasteiger partial charge in [-0.3, -0.25) is 9.48 Å². The highest BCUT2D eigenvalue weighted by molar-refractivity contribution is 6.04. The number of hydrogen-bond acceptors (Lipinski definition) is 3. The molecule has 1 amide bonds. The molecule has 0 fully saturated rings. The maximum Gasteiger partial charge on any atom is 0.435 e. The first kappa shape index (κ1) is 21.1. The third-order valence-corrected chi connectivity index (χ3v) is 4.47. The van der Waals surface area contributed by atoms with Crippen molar-refractivity contribution in [2.24, 2.45) is 0 Å². The zero-order valence-corrected chi connectivity index (χ0v) is 16.6. The van der Waals surface area contributed by atoms with Crippen molar-refractivity contribution in [2.45, 2.75) is 33.0 Å². The molecule has 1 aromatic heterocycles. The topological polar surface area (TPSA) is 70.7 Å². The van der Waals surface area contributed by atoms with E-state index in [2.05, 4.69) is 10.4 Å². The molecule has 154 valence electrons. The maximum absolute atomic E-state index is 13.2. The monoisotopic (exact) mass is 412 g/mol. The smallest absolute Gasteiger partial charge is 0.322 e. The number of halogens is 3. The molecule has 3 aromatic rings. The highest BCUT2D eigenvalue weighted by Gasteiger charge is 2.35. The number of alkyl halides is 3. The average molecular weight is 412 g/mol. The van der Waals surface area contributed by atoms with Gasteiger partial charge >= 0.3 is 6.18 Å². The predicted molar refractivity (Wildman–Crippen MR) is 107 cm³/mol. The number of anilines is 1. The highest BCUT2D eigenvalue weighted by atomic mass is 19.4. The number of nitrogens with zero attached hydrogens (tertiary/aromatic N) is 3. The van der Waals surface area contributed by atoms with Crippen molar-refractivity contribution in [2.75, 3.05) is 5.32 Å². The number of hydrogen-bond donors (Lipinski definition) is 1. The minimum absolute atomic E-state index is 0.0856. The molecular weight excluding hydrogens is 393 g/mol. The Morgan fingerprint density at radius 2 is 1.90 bits per heavy atom. The fraction of sp³-hybridized carbons (Fsp3) is 0.227. The van der Waals surface area contributed by atoms with Crippen molar-refractivity contribution in [3.63, 3.8) is 0 Å². The third kappa shape index (κ3) is 4.35. The molecule has 0 aliphatic carbocycles. The van der Waals surface area contributed by atoms with Crippen LogP contribution in [0.25, 0.3) is 11.3 Å². The molecule has 5 nitrogen and oxygen atoms in total. The van der Waals surface area contributed by atoms with Crippen LogP contribution in [0.2, 0.25) is 0 Å². The number of aryl methyl sites for hydroxylation is 1. The first-order chi connectivity index (χ1) is 14.1. The van der Waals surface area contributed by atoms with E-state index in [1.807, 2.05) is 19.1 Å². The Kier molecular flexibility index (Phi) is 5.65. The lowest BCUT2D eigenvalue weighted by Gasteiger charge is -2.13. The van der Waals surface area contributed by atoms with Crippen molar-refractivity contribution in [3.05, 3.63) is 70.9 Å². The number of nitrogens with one attached hydrogen (secondary N) is 1. The molecular formula is C22H19F3N4O. The van der Waals surface area contributed by atoms with Crippen LogP contribution in [0.15, 0.2) is 48.5 Å². The summed E-state index contributed by atoms with van der Waals surface area (Å²) in [7, 11) is 0. The Hall–Kier alpha value is -3.60. The summed E-state index contributed by atoms with van der Waals surface area (Å²) in [6.45, 7) is 5.30. The molecule has 3 rings (SSSR count). The number of nitriles is 1. The molecule has 0 aliphatic heterocycles. The van der Waals surface area contributed by atoms with Crippen LogP contribution in [0.5, 0.6) is 0 Å². The lowest BCUT2D eigenvalue weighted by Crippen LogP contribution is -2.12. The first-order valence-electron chi connectivity index (χ1n) is 9.19. The number of carbonyl (C=O) groups excluding carboxylic acids is 1. The molecule has 30 heavy (non-hydrogen) atoms. The van der Waals surface area contributed by atoms with Gasteiger partial charge in [-0.1, -0.05) is 18.2 Å². The Labute approximate surface area is 171 Å². The van der Waals surface area contributed by atoms with E-state index in [0.717, 1.165) is 11.6 Å². The number of carbonyl (C=O) groups is 1. The first-order valence-corrected chi connectivity index (χ1v) is 9.19. The Bertz CT molecular complexity index is 1140. The van der Waals surface area contributed by atoms with Crippen LogP contribution >= 0.6 is 0 Å². The maximum atomic E-state index is 13.2. The van der Waals surface area contributed by atoms with E-state index < -0.39 is 17.8 Å². The second-order valence-electron chi connectivity index (χ2n) is 7.15. The SMILES string of the molecule is Cc1cccc(NC(=O)c2ccc(-c3cc(C(F)(F)F)nn3C(C)C)c(C#N)c2)c1. The van der Waals surface area contributed by atoms with Gasteiger partial charge in [0.1, 0.15) is 0 Å². The number of aromatic nitrogens is 2. The van der Waals surface area contributed by atoms with Gasteiger partial charge in [-0.05, 0) is 56.7 Å². The van der Waals surface area contributed by atoms with Gasteiger partial charge < -0.3 is 5.32 Å². The van der Waals surface area contributed by atoms with Crippen LogP contribution in [0.1, 0.15) is 47.1 Å². The van der Waals surface area contributed by atoms with Crippen molar-refractivity contribution >= 4 is 11.6 Å². The third-order valence-electron chi connectivity index (χ3n) is 4.47. The largest absolute Gasteiger partial charge is 0.435 e. The normalized spacial score (nSPS) is 11.4. The molecule has 8 heteroatoms. The second kappa shape index (κ2) is 8.03. The molecule has 1 heterocycles. The van der Waals surface area contributed by atoms with Crippen molar-refractivity contribution in [1.29, 1.82) is 5.26 Å². The highest BCUT2D eigenvalue weighted by Crippen LogP contribution is 2.34. The van der Waals surface area contributed by atoms with Gasteiger partial charge in [-0.25, -0.2) is 0 Å². The van der Waals surface area contributed by atoms with Gasteiger partial charge in [0.15, 0.2) is 5.69 Å². The van der Waals surface area contributed by atoms with Crippen LogP contribution in [-0.4, -0.2) is 15.7 Å². The summed E-state index contributed by atoms with van der Waals surface area (Å²) in [5, 5.41) is 16.0. The Balaban J connectivity index is 2.00. The van der Waals surface area contributed by atoms with E-state index in [1.165, 1.54) is 22.9 Å². The van der Waals surface area contributed by atoms with Crippen LogP contribution < -0.4 is 5.32 Å². The molecule has 0 atom stereocenters. The van der Waals surface area contributed by atoms with E-state index >= 15 is 0 Å². The molecule has 0 saturated heterocycles. The van der Waals surface area contributed by atoms with E-state index in [9.17, 15) is 23.2 Å². The van der Waals surface area contributed by atoms with Crippen LogP contribution in [0, 0.1) is 18.3 Å². The Morgan fingerprint density at radius 1 is 1.17 bits per heavy atom. The molecule has 1 N–H and O–H groups in total. The van der Waals surface area contributed by atoms with Gasteiger partial charge in [-0.15, -0.1) is 0 Å². The number of amides is 1. The predicted octanol–water partition coefficient (Wildman–Crippen LogP) is 5.58. The molecule has 0 saturated carbocycles. The lowest BCUT2D eigenvalue weighted by molar-refractivity contribution is -0.141. The number of rotatable bonds is 4. The standard InChI is InChI=1S/C22H19F3N4O/c1-13(2)29-19(11-20(28-29)22(23,24)25)18-8-7-15(10-16(18)12-26)21(30)27-17-6-4-5-14(3)9-17/h4-11,13H,1-3H3,(H,27,30). The summed E-state index contributed by atoms with van der Waals surface area (Å²) in [4.78, 5) is 12.6. The summed E-state index contributed by atoms with van der Waals surface area (Å²) >= 11 is 0. The molecule has 0 radical (unpaired) electrons. The molecule has 2 aromatic carbocycles. The van der Waals surface area contributed by atoms with Gasteiger partial charge in [0.25, 0.3) is 5.91 Å². The van der Waals surface area contributed by atoms with E-state index in [1.54, 1.807) is 32.0 Å². The Morgan fingerprint density at radius 3 is 2.50 bits per heavy atom. The quantitative estimate of drug-likeness (QED) is 0.608. The van der Waals surface area contributed by atoms with Gasteiger partial charge in [-0.2, -0.15) is 23.5 Å². The number of benzene rings is 2. The van der Waals surface area contributed by atoms with Crippen LogP contribution in [0.3, 0.4) is 0 Å². The van der Waals surface area contributed by atoms with E-state index in [-0.39, 0.29) is 28.4 Å². The molecule has 0 aliphatic rings. The fourth-order valence-corrected chi connectivity index (χ4v) is 3.06. The van der Waals surface area contributed by atoms with E-state index in [0.29, 0.717) is 5.69 Å². The van der Waals surface area contributed by atoms with Gasteiger partial charge in [0, 0.05) is 22.9 Å². The van der Waals surface area contributed by atoms with Crippen LogP contribution in [0.4, 0.5) is 18.9 Å². The zero-order valence-electron chi connectivity index (χ0n) is 16.6. The summed E-state index contributed by atoms with van der Waals surface area (Å²) in [5.41, 5.74) is 1.31.